The van der Waals surface area contributed by atoms with Crippen molar-refractivity contribution in [2.75, 3.05) is 10.2 Å². The van der Waals surface area contributed by atoms with Gasteiger partial charge in [-0.25, -0.2) is 0 Å². The van der Waals surface area contributed by atoms with E-state index < -0.39 is 0 Å². The Balaban J connectivity index is 1.34. The van der Waals surface area contributed by atoms with Crippen LogP contribution in [0, 0.1) is 30.6 Å². The number of nitrogens with zero attached hydrogens (tertiary/aromatic N) is 1. The number of allylic oxidation sites excluding steroid dienone is 2. The van der Waals surface area contributed by atoms with Crippen LogP contribution in [0.2, 0.25) is 0 Å². The predicted octanol–water partition coefficient (Wildman–Crippen LogP) is 3.56. The normalized spacial score (nSPS) is 27.4. The Labute approximate surface area is 163 Å². The summed E-state index contributed by atoms with van der Waals surface area (Å²) in [4.78, 5) is 39.5. The molecule has 5 nitrogen and oxygen atoms in total. The number of nitrogens with one attached hydrogen (secondary N) is 1. The van der Waals surface area contributed by atoms with E-state index in [1.807, 2.05) is 31.2 Å². The summed E-state index contributed by atoms with van der Waals surface area (Å²) >= 11 is 0. The average molecular weight is 372 g/mol. The van der Waals surface area contributed by atoms with E-state index in [1.165, 1.54) is 4.90 Å². The maximum atomic E-state index is 12.9. The second-order valence-corrected chi connectivity index (χ2v) is 7.88. The zero-order chi connectivity index (χ0) is 19.4. The molecule has 28 heavy (non-hydrogen) atoms. The topological polar surface area (TPSA) is 66.5 Å². The van der Waals surface area contributed by atoms with Crippen molar-refractivity contribution < 1.29 is 14.4 Å². The van der Waals surface area contributed by atoms with Gasteiger partial charge in [0.1, 0.15) is 0 Å². The van der Waals surface area contributed by atoms with Crippen LogP contribution < -0.4 is 10.2 Å². The lowest BCUT2D eigenvalue weighted by Gasteiger charge is -2.17. The standard InChI is InChI=1S/C23H20N2O3/c1-13-2-8-17(9-3-13)24-21(26)14-6-10-18(11-7-14)25-22(27)19-15-4-5-16(12-15)20(19)23(25)28/h2-11,15-16,19-20H,12H2,1H3,(H,24,26)/t15-,16-,19+,20+/m0/s1. The van der Waals surface area contributed by atoms with Crippen LogP contribution in [0.5, 0.6) is 0 Å². The molecule has 2 fully saturated rings. The van der Waals surface area contributed by atoms with Gasteiger partial charge in [-0.15, -0.1) is 0 Å². The number of imide groups is 1. The zero-order valence-electron chi connectivity index (χ0n) is 15.5. The second kappa shape index (κ2) is 6.16. The highest BCUT2D eigenvalue weighted by Crippen LogP contribution is 2.53. The first kappa shape index (κ1) is 16.9. The Morgan fingerprint density at radius 1 is 0.893 bits per heavy atom. The van der Waals surface area contributed by atoms with Gasteiger partial charge in [-0.1, -0.05) is 29.8 Å². The molecule has 5 heteroatoms. The lowest BCUT2D eigenvalue weighted by atomic mass is 9.85. The van der Waals surface area contributed by atoms with Crippen molar-refractivity contribution in [2.24, 2.45) is 23.7 Å². The largest absolute Gasteiger partial charge is 0.322 e. The number of aryl methyl sites for hydroxylation is 1. The first-order chi connectivity index (χ1) is 13.5. The summed E-state index contributed by atoms with van der Waals surface area (Å²) in [5, 5.41) is 2.85. The third kappa shape index (κ3) is 2.50. The SMILES string of the molecule is Cc1ccc(NC(=O)c2ccc(N3C(=O)[C@H]4[C@H](C3=O)[C@H]3C=C[C@H]4C3)cc2)cc1. The van der Waals surface area contributed by atoms with Crippen LogP contribution in [0.25, 0.3) is 0 Å². The molecule has 0 radical (unpaired) electrons. The van der Waals surface area contributed by atoms with Crippen LogP contribution in [0.15, 0.2) is 60.7 Å². The maximum Gasteiger partial charge on any atom is 0.255 e. The van der Waals surface area contributed by atoms with Crippen molar-refractivity contribution in [3.05, 3.63) is 71.8 Å². The fourth-order valence-electron chi connectivity index (χ4n) is 4.76. The number of hydrogen-bond donors (Lipinski definition) is 1. The molecule has 2 aliphatic carbocycles. The minimum Gasteiger partial charge on any atom is -0.322 e. The highest BCUT2D eigenvalue weighted by Gasteiger charge is 2.59. The smallest absolute Gasteiger partial charge is 0.255 e. The molecule has 1 aliphatic heterocycles. The summed E-state index contributed by atoms with van der Waals surface area (Å²) in [6, 6.07) is 14.2. The van der Waals surface area contributed by atoms with Crippen molar-refractivity contribution in [3.8, 4) is 0 Å². The molecule has 3 aliphatic rings. The number of carbonyl (C=O) groups is 3. The van der Waals surface area contributed by atoms with E-state index in [9.17, 15) is 14.4 Å². The van der Waals surface area contributed by atoms with Crippen LogP contribution >= 0.6 is 0 Å². The molecule has 0 spiro atoms. The molecule has 2 aromatic carbocycles. The second-order valence-electron chi connectivity index (χ2n) is 7.88. The first-order valence-corrected chi connectivity index (χ1v) is 9.57. The molecule has 140 valence electrons. The van der Waals surface area contributed by atoms with Gasteiger partial charge in [0.15, 0.2) is 0 Å². The van der Waals surface area contributed by atoms with E-state index in [4.69, 9.17) is 0 Å². The van der Waals surface area contributed by atoms with Gasteiger partial charge in [-0.05, 0) is 61.6 Å². The minimum absolute atomic E-state index is 0.108. The molecule has 1 saturated carbocycles. The lowest BCUT2D eigenvalue weighted by Crippen LogP contribution is -2.32. The predicted molar refractivity (Wildman–Crippen MR) is 106 cm³/mol. The van der Waals surface area contributed by atoms with Crippen molar-refractivity contribution in [1.82, 2.24) is 0 Å². The molecule has 1 N–H and O–H groups in total. The van der Waals surface area contributed by atoms with E-state index >= 15 is 0 Å². The van der Waals surface area contributed by atoms with Gasteiger partial charge in [0, 0.05) is 11.3 Å². The van der Waals surface area contributed by atoms with Crippen molar-refractivity contribution in [2.45, 2.75) is 13.3 Å². The third-order valence-electron chi connectivity index (χ3n) is 6.17. The van der Waals surface area contributed by atoms with E-state index in [0.29, 0.717) is 11.3 Å². The molecular formula is C23H20N2O3. The number of carbonyl (C=O) groups excluding carboxylic acids is 3. The fraction of sp³-hybridized carbons (Fsp3) is 0.261. The summed E-state index contributed by atoms with van der Waals surface area (Å²) in [6.07, 6.45) is 5.08. The van der Waals surface area contributed by atoms with E-state index in [0.717, 1.165) is 17.7 Å². The summed E-state index contributed by atoms with van der Waals surface area (Å²) in [5.74, 6) is -0.493. The Kier molecular flexibility index (Phi) is 3.72. The summed E-state index contributed by atoms with van der Waals surface area (Å²) in [7, 11) is 0. The van der Waals surface area contributed by atoms with Crippen LogP contribution in [0.4, 0.5) is 11.4 Å². The summed E-state index contributed by atoms with van der Waals surface area (Å²) in [5.41, 5.74) is 2.86. The minimum atomic E-state index is -0.228. The molecule has 3 amide bonds. The molecule has 1 heterocycles. The van der Waals surface area contributed by atoms with Gasteiger partial charge in [-0.2, -0.15) is 0 Å². The molecular weight excluding hydrogens is 352 g/mol. The summed E-state index contributed by atoms with van der Waals surface area (Å²) in [6.45, 7) is 1.99. The van der Waals surface area contributed by atoms with Crippen molar-refractivity contribution >= 4 is 29.1 Å². The average Bonchev–Trinajstić information content (AvgIpc) is 3.38. The number of fused-ring (bicyclic) bond motifs is 5. The van der Waals surface area contributed by atoms with E-state index in [1.54, 1.807) is 24.3 Å². The molecule has 0 unspecified atom stereocenters. The summed E-state index contributed by atoms with van der Waals surface area (Å²) < 4.78 is 0. The van der Waals surface area contributed by atoms with Gasteiger partial charge in [0.25, 0.3) is 5.91 Å². The van der Waals surface area contributed by atoms with Crippen LogP contribution in [0.3, 0.4) is 0 Å². The molecule has 2 aromatic rings. The Morgan fingerprint density at radius 2 is 1.46 bits per heavy atom. The zero-order valence-corrected chi connectivity index (χ0v) is 15.5. The number of benzene rings is 2. The number of rotatable bonds is 3. The fourth-order valence-corrected chi connectivity index (χ4v) is 4.76. The van der Waals surface area contributed by atoms with Gasteiger partial charge < -0.3 is 5.32 Å². The number of anilines is 2. The molecule has 0 aromatic heterocycles. The van der Waals surface area contributed by atoms with Gasteiger partial charge in [0.2, 0.25) is 11.8 Å². The molecule has 4 atom stereocenters. The van der Waals surface area contributed by atoms with Crippen LogP contribution in [-0.4, -0.2) is 17.7 Å². The van der Waals surface area contributed by atoms with Crippen molar-refractivity contribution in [3.63, 3.8) is 0 Å². The first-order valence-electron chi connectivity index (χ1n) is 9.57. The monoisotopic (exact) mass is 372 g/mol. The molecule has 1 saturated heterocycles. The number of amides is 3. The van der Waals surface area contributed by atoms with E-state index in [2.05, 4.69) is 17.5 Å². The van der Waals surface area contributed by atoms with Gasteiger partial charge in [0.05, 0.1) is 17.5 Å². The Hall–Kier alpha value is -3.21. The number of hydrogen-bond acceptors (Lipinski definition) is 3. The van der Waals surface area contributed by atoms with Crippen LogP contribution in [0.1, 0.15) is 22.3 Å². The highest BCUT2D eigenvalue weighted by atomic mass is 16.2. The molecule has 2 bridgehead atoms. The lowest BCUT2D eigenvalue weighted by molar-refractivity contribution is -0.123. The van der Waals surface area contributed by atoms with E-state index in [-0.39, 0.29) is 41.4 Å². The highest BCUT2D eigenvalue weighted by molar-refractivity contribution is 6.23. The maximum absolute atomic E-state index is 12.9. The third-order valence-corrected chi connectivity index (χ3v) is 6.17. The van der Waals surface area contributed by atoms with Crippen LogP contribution in [-0.2, 0) is 9.59 Å². The van der Waals surface area contributed by atoms with Gasteiger partial charge in [-0.3, -0.25) is 19.3 Å². The Morgan fingerprint density at radius 3 is 2.04 bits per heavy atom. The quantitative estimate of drug-likeness (QED) is 0.662. The van der Waals surface area contributed by atoms with Crippen molar-refractivity contribution in [1.29, 1.82) is 0 Å². The van der Waals surface area contributed by atoms with Gasteiger partial charge >= 0.3 is 0 Å². The molecule has 5 rings (SSSR count). The Bertz CT molecular complexity index is 977.